The zero-order chi connectivity index (χ0) is 12.6. The monoisotopic (exact) mass is 293 g/mol. The minimum absolute atomic E-state index is 0.0589. The molecular weight excluding hydrogens is 278 g/mol. The van der Waals surface area contributed by atoms with Crippen molar-refractivity contribution in [1.29, 1.82) is 0 Å². The molecule has 3 nitrogen and oxygen atoms in total. The third-order valence-electron chi connectivity index (χ3n) is 2.66. The molecular formula is C13H16BrN3. The largest absolute Gasteiger partial charge is 0.383 e. The molecule has 0 atom stereocenters. The Hall–Kier alpha value is -1.29. The van der Waals surface area contributed by atoms with Crippen LogP contribution in [-0.2, 0) is 5.54 Å². The molecule has 17 heavy (non-hydrogen) atoms. The molecule has 4 heteroatoms. The van der Waals surface area contributed by atoms with E-state index in [1.165, 1.54) is 0 Å². The van der Waals surface area contributed by atoms with E-state index in [9.17, 15) is 0 Å². The number of nitrogen functional groups attached to an aromatic ring is 1. The van der Waals surface area contributed by atoms with Gasteiger partial charge in [0.2, 0.25) is 0 Å². The summed E-state index contributed by atoms with van der Waals surface area (Å²) in [5, 5.41) is 0. The van der Waals surface area contributed by atoms with Gasteiger partial charge < -0.3 is 10.3 Å². The van der Waals surface area contributed by atoms with Gasteiger partial charge in [-0.15, -0.1) is 0 Å². The van der Waals surface area contributed by atoms with Crippen molar-refractivity contribution >= 4 is 21.7 Å². The summed E-state index contributed by atoms with van der Waals surface area (Å²) < 4.78 is 2.99. The van der Waals surface area contributed by atoms with Crippen LogP contribution in [0.25, 0.3) is 11.3 Å². The van der Waals surface area contributed by atoms with E-state index in [1.54, 1.807) is 6.33 Å². The fourth-order valence-electron chi connectivity index (χ4n) is 1.75. The van der Waals surface area contributed by atoms with Crippen LogP contribution in [0.15, 0.2) is 35.1 Å². The van der Waals surface area contributed by atoms with E-state index in [0.717, 1.165) is 15.7 Å². The van der Waals surface area contributed by atoms with Gasteiger partial charge in [0.05, 0.1) is 6.33 Å². The van der Waals surface area contributed by atoms with Crippen molar-refractivity contribution in [3.8, 4) is 11.3 Å². The Kier molecular flexibility index (Phi) is 3.00. The van der Waals surface area contributed by atoms with Gasteiger partial charge in [0, 0.05) is 15.6 Å². The van der Waals surface area contributed by atoms with Crippen LogP contribution >= 0.6 is 15.9 Å². The Bertz CT molecular complexity index is 538. The Morgan fingerprint density at radius 2 is 1.88 bits per heavy atom. The second-order valence-corrected chi connectivity index (χ2v) is 5.85. The SMILES string of the molecule is CC(C)(C)n1cnc(-c2ccccc2Br)c1N. The van der Waals surface area contributed by atoms with Gasteiger partial charge in [0.15, 0.2) is 0 Å². The van der Waals surface area contributed by atoms with Gasteiger partial charge in [-0.1, -0.05) is 34.1 Å². The molecule has 0 fully saturated rings. The summed E-state index contributed by atoms with van der Waals surface area (Å²) >= 11 is 3.52. The molecule has 90 valence electrons. The highest BCUT2D eigenvalue weighted by molar-refractivity contribution is 9.10. The lowest BCUT2D eigenvalue weighted by Crippen LogP contribution is -2.22. The Morgan fingerprint density at radius 3 is 2.41 bits per heavy atom. The normalized spacial score (nSPS) is 11.8. The second kappa shape index (κ2) is 4.18. The van der Waals surface area contributed by atoms with E-state index in [0.29, 0.717) is 5.82 Å². The zero-order valence-corrected chi connectivity index (χ0v) is 11.8. The van der Waals surface area contributed by atoms with E-state index < -0.39 is 0 Å². The van der Waals surface area contributed by atoms with Gasteiger partial charge in [-0.2, -0.15) is 0 Å². The Balaban J connectivity index is 2.56. The van der Waals surface area contributed by atoms with Crippen LogP contribution in [0.4, 0.5) is 5.82 Å². The van der Waals surface area contributed by atoms with Crippen LogP contribution in [0.1, 0.15) is 20.8 Å². The van der Waals surface area contributed by atoms with Gasteiger partial charge in [0.25, 0.3) is 0 Å². The number of nitrogens with two attached hydrogens (primary N) is 1. The molecule has 0 unspecified atom stereocenters. The lowest BCUT2D eigenvalue weighted by atomic mass is 10.1. The van der Waals surface area contributed by atoms with Crippen LogP contribution in [0.2, 0.25) is 0 Å². The van der Waals surface area contributed by atoms with Crippen molar-refractivity contribution in [3.63, 3.8) is 0 Å². The van der Waals surface area contributed by atoms with Gasteiger partial charge in [-0.25, -0.2) is 4.98 Å². The Morgan fingerprint density at radius 1 is 1.24 bits per heavy atom. The van der Waals surface area contributed by atoms with Gasteiger partial charge >= 0.3 is 0 Å². The maximum atomic E-state index is 6.17. The summed E-state index contributed by atoms with van der Waals surface area (Å²) in [6.07, 6.45) is 1.80. The lowest BCUT2D eigenvalue weighted by molar-refractivity contribution is 0.402. The number of nitrogens with zero attached hydrogens (tertiary/aromatic N) is 2. The number of hydrogen-bond donors (Lipinski definition) is 1. The molecule has 0 spiro atoms. The maximum Gasteiger partial charge on any atom is 0.132 e. The molecule has 2 N–H and O–H groups in total. The maximum absolute atomic E-state index is 6.17. The molecule has 0 saturated heterocycles. The van der Waals surface area contributed by atoms with Crippen molar-refractivity contribution < 1.29 is 0 Å². The van der Waals surface area contributed by atoms with Crippen molar-refractivity contribution in [2.45, 2.75) is 26.3 Å². The zero-order valence-electron chi connectivity index (χ0n) is 10.2. The van der Waals surface area contributed by atoms with E-state index >= 15 is 0 Å². The van der Waals surface area contributed by atoms with E-state index in [1.807, 2.05) is 28.8 Å². The molecule has 0 amide bonds. The number of halogens is 1. The molecule has 0 aliphatic rings. The minimum Gasteiger partial charge on any atom is -0.383 e. The third kappa shape index (κ3) is 2.22. The first-order valence-electron chi connectivity index (χ1n) is 5.49. The fraction of sp³-hybridized carbons (Fsp3) is 0.308. The average Bonchev–Trinajstić information content (AvgIpc) is 2.60. The third-order valence-corrected chi connectivity index (χ3v) is 3.35. The summed E-state index contributed by atoms with van der Waals surface area (Å²) in [6.45, 7) is 6.32. The summed E-state index contributed by atoms with van der Waals surface area (Å²) in [4.78, 5) is 4.42. The molecule has 0 radical (unpaired) electrons. The lowest BCUT2D eigenvalue weighted by Gasteiger charge is -2.22. The van der Waals surface area contributed by atoms with Crippen molar-refractivity contribution in [2.24, 2.45) is 0 Å². The molecule has 0 aliphatic heterocycles. The highest BCUT2D eigenvalue weighted by Crippen LogP contribution is 2.32. The van der Waals surface area contributed by atoms with Crippen LogP contribution in [0.5, 0.6) is 0 Å². The number of hydrogen-bond acceptors (Lipinski definition) is 2. The van der Waals surface area contributed by atoms with E-state index in [4.69, 9.17) is 5.73 Å². The molecule has 2 rings (SSSR count). The molecule has 1 aromatic carbocycles. The first-order valence-corrected chi connectivity index (χ1v) is 6.29. The molecule has 0 saturated carbocycles. The van der Waals surface area contributed by atoms with Crippen LogP contribution in [0.3, 0.4) is 0 Å². The van der Waals surface area contributed by atoms with E-state index in [2.05, 4.69) is 41.7 Å². The molecule has 1 aromatic heterocycles. The van der Waals surface area contributed by atoms with Crippen molar-refractivity contribution in [3.05, 3.63) is 35.1 Å². The fourth-order valence-corrected chi connectivity index (χ4v) is 2.23. The Labute approximate surface area is 110 Å². The predicted octanol–water partition coefficient (Wildman–Crippen LogP) is 3.65. The predicted molar refractivity (Wildman–Crippen MR) is 74.8 cm³/mol. The summed E-state index contributed by atoms with van der Waals surface area (Å²) in [5.41, 5.74) is 7.96. The smallest absolute Gasteiger partial charge is 0.132 e. The molecule has 2 aromatic rings. The van der Waals surface area contributed by atoms with Gasteiger partial charge in [-0.3, -0.25) is 0 Å². The van der Waals surface area contributed by atoms with Gasteiger partial charge in [-0.05, 0) is 26.8 Å². The van der Waals surface area contributed by atoms with Gasteiger partial charge in [0.1, 0.15) is 11.5 Å². The van der Waals surface area contributed by atoms with Crippen molar-refractivity contribution in [1.82, 2.24) is 9.55 Å². The molecule has 1 heterocycles. The molecule has 0 aliphatic carbocycles. The quantitative estimate of drug-likeness (QED) is 0.872. The van der Waals surface area contributed by atoms with Crippen LogP contribution in [0, 0.1) is 0 Å². The first-order chi connectivity index (χ1) is 7.91. The summed E-state index contributed by atoms with van der Waals surface area (Å²) in [6, 6.07) is 7.96. The number of imidazole rings is 1. The van der Waals surface area contributed by atoms with E-state index in [-0.39, 0.29) is 5.54 Å². The number of rotatable bonds is 1. The highest BCUT2D eigenvalue weighted by atomic mass is 79.9. The number of benzene rings is 1. The average molecular weight is 294 g/mol. The summed E-state index contributed by atoms with van der Waals surface area (Å²) in [7, 11) is 0. The second-order valence-electron chi connectivity index (χ2n) is 5.00. The number of aromatic nitrogens is 2. The first kappa shape index (κ1) is 12.2. The summed E-state index contributed by atoms with van der Waals surface area (Å²) in [5.74, 6) is 0.699. The van der Waals surface area contributed by atoms with Crippen LogP contribution in [-0.4, -0.2) is 9.55 Å². The van der Waals surface area contributed by atoms with Crippen LogP contribution < -0.4 is 5.73 Å². The molecule has 0 bridgehead atoms. The standard InChI is InChI=1S/C13H16BrN3/c1-13(2,3)17-8-16-11(12(17)15)9-6-4-5-7-10(9)14/h4-8H,15H2,1-3H3. The van der Waals surface area contributed by atoms with Crippen molar-refractivity contribution in [2.75, 3.05) is 5.73 Å². The number of anilines is 1. The highest BCUT2D eigenvalue weighted by Gasteiger charge is 2.19. The minimum atomic E-state index is -0.0589. The topological polar surface area (TPSA) is 43.8 Å².